The first kappa shape index (κ1) is 14.4. The summed E-state index contributed by atoms with van der Waals surface area (Å²) in [6.45, 7) is 3.06. The molecule has 5 heteroatoms. The summed E-state index contributed by atoms with van der Waals surface area (Å²) in [6.07, 6.45) is 2.51. The van der Waals surface area contributed by atoms with E-state index in [1.807, 2.05) is 24.3 Å². The standard InChI is InChI=1S/C16H22N2O3/c19-15-11-21-10-7-14(15)17-16(20)12-3-5-13(6-4-12)18-8-1-2-9-18/h3-6,14-15,19H,1-2,7-11H2,(H,17,20)/t14-,15-/m1/s1. The van der Waals surface area contributed by atoms with Gasteiger partial charge in [0, 0.05) is 30.9 Å². The highest BCUT2D eigenvalue weighted by molar-refractivity contribution is 5.94. The van der Waals surface area contributed by atoms with Crippen molar-refractivity contribution in [1.29, 1.82) is 0 Å². The molecule has 5 nitrogen and oxygen atoms in total. The third-order valence-electron chi connectivity index (χ3n) is 4.24. The summed E-state index contributed by atoms with van der Waals surface area (Å²) in [5.41, 5.74) is 1.81. The van der Waals surface area contributed by atoms with Crippen molar-refractivity contribution in [3.63, 3.8) is 0 Å². The van der Waals surface area contributed by atoms with Crippen LogP contribution in [0.25, 0.3) is 0 Å². The van der Waals surface area contributed by atoms with Crippen LogP contribution in [0.5, 0.6) is 0 Å². The molecule has 2 atom stereocenters. The van der Waals surface area contributed by atoms with Crippen LogP contribution in [-0.4, -0.2) is 49.5 Å². The van der Waals surface area contributed by atoms with Gasteiger partial charge in [-0.2, -0.15) is 0 Å². The van der Waals surface area contributed by atoms with Gasteiger partial charge in [-0.15, -0.1) is 0 Å². The molecule has 0 aromatic heterocycles. The summed E-state index contributed by atoms with van der Waals surface area (Å²) >= 11 is 0. The molecule has 2 saturated heterocycles. The SMILES string of the molecule is O=C(N[C@@H]1CCOC[C@H]1O)c1ccc(N2CCCC2)cc1. The van der Waals surface area contributed by atoms with E-state index in [1.54, 1.807) is 0 Å². The summed E-state index contributed by atoms with van der Waals surface area (Å²) in [5, 5.41) is 12.7. The van der Waals surface area contributed by atoms with E-state index in [4.69, 9.17) is 4.74 Å². The van der Waals surface area contributed by atoms with Gasteiger partial charge in [-0.3, -0.25) is 4.79 Å². The average molecular weight is 290 g/mol. The Bertz CT molecular complexity index is 483. The van der Waals surface area contributed by atoms with Crippen molar-refractivity contribution in [2.45, 2.75) is 31.4 Å². The van der Waals surface area contributed by atoms with Crippen molar-refractivity contribution < 1.29 is 14.6 Å². The molecular weight excluding hydrogens is 268 g/mol. The maximum absolute atomic E-state index is 12.2. The van der Waals surface area contributed by atoms with E-state index in [2.05, 4.69) is 10.2 Å². The van der Waals surface area contributed by atoms with Gasteiger partial charge in [0.25, 0.3) is 5.91 Å². The minimum atomic E-state index is -0.619. The van der Waals surface area contributed by atoms with Crippen molar-refractivity contribution in [3.05, 3.63) is 29.8 Å². The predicted octanol–water partition coefficient (Wildman–Crippen LogP) is 1.17. The Balaban J connectivity index is 1.61. The largest absolute Gasteiger partial charge is 0.389 e. The maximum Gasteiger partial charge on any atom is 0.251 e. The van der Waals surface area contributed by atoms with Crippen LogP contribution in [0.3, 0.4) is 0 Å². The lowest BCUT2D eigenvalue weighted by Crippen LogP contribution is -2.48. The Morgan fingerprint density at radius 1 is 1.24 bits per heavy atom. The molecule has 0 bridgehead atoms. The molecule has 0 aliphatic carbocycles. The Morgan fingerprint density at radius 2 is 1.95 bits per heavy atom. The number of aliphatic hydroxyl groups is 1. The molecule has 3 rings (SSSR count). The van der Waals surface area contributed by atoms with Crippen molar-refractivity contribution >= 4 is 11.6 Å². The Labute approximate surface area is 124 Å². The van der Waals surface area contributed by atoms with Crippen LogP contribution in [0, 0.1) is 0 Å². The van der Waals surface area contributed by atoms with Crippen LogP contribution in [0.15, 0.2) is 24.3 Å². The van der Waals surface area contributed by atoms with Crippen molar-refractivity contribution in [2.75, 3.05) is 31.2 Å². The highest BCUT2D eigenvalue weighted by atomic mass is 16.5. The van der Waals surface area contributed by atoms with Crippen molar-refractivity contribution in [3.8, 4) is 0 Å². The molecular formula is C16H22N2O3. The predicted molar refractivity (Wildman–Crippen MR) is 80.6 cm³/mol. The molecule has 1 aromatic carbocycles. The molecule has 2 aliphatic rings. The van der Waals surface area contributed by atoms with E-state index < -0.39 is 6.10 Å². The zero-order chi connectivity index (χ0) is 14.7. The summed E-state index contributed by atoms with van der Waals surface area (Å²) in [5.74, 6) is -0.131. The molecule has 0 radical (unpaired) electrons. The Hall–Kier alpha value is -1.59. The van der Waals surface area contributed by atoms with E-state index in [-0.39, 0.29) is 11.9 Å². The molecule has 114 valence electrons. The topological polar surface area (TPSA) is 61.8 Å². The third-order valence-corrected chi connectivity index (χ3v) is 4.24. The minimum Gasteiger partial charge on any atom is -0.389 e. The molecule has 0 spiro atoms. The molecule has 1 amide bonds. The summed E-state index contributed by atoms with van der Waals surface area (Å²) < 4.78 is 5.17. The van der Waals surface area contributed by atoms with Crippen LogP contribution in [-0.2, 0) is 4.74 Å². The number of carbonyl (C=O) groups excluding carboxylic acids is 1. The molecule has 2 aliphatic heterocycles. The first-order valence-electron chi connectivity index (χ1n) is 7.66. The van der Waals surface area contributed by atoms with Crippen LogP contribution < -0.4 is 10.2 Å². The van der Waals surface area contributed by atoms with Gasteiger partial charge in [0.1, 0.15) is 0 Å². The lowest BCUT2D eigenvalue weighted by atomic mass is 10.1. The van der Waals surface area contributed by atoms with Gasteiger partial charge in [-0.1, -0.05) is 0 Å². The molecule has 2 N–H and O–H groups in total. The molecule has 1 aromatic rings. The third kappa shape index (κ3) is 3.36. The van der Waals surface area contributed by atoms with Crippen LogP contribution >= 0.6 is 0 Å². The monoisotopic (exact) mass is 290 g/mol. The average Bonchev–Trinajstić information content (AvgIpc) is 3.04. The number of amides is 1. The summed E-state index contributed by atoms with van der Waals surface area (Å²) in [7, 11) is 0. The second-order valence-electron chi connectivity index (χ2n) is 5.75. The van der Waals surface area contributed by atoms with Gasteiger partial charge in [-0.25, -0.2) is 0 Å². The smallest absolute Gasteiger partial charge is 0.251 e. The maximum atomic E-state index is 12.2. The molecule has 2 heterocycles. The fourth-order valence-electron chi connectivity index (χ4n) is 2.94. The fraction of sp³-hybridized carbons (Fsp3) is 0.562. The second kappa shape index (κ2) is 6.45. The molecule has 0 unspecified atom stereocenters. The lowest BCUT2D eigenvalue weighted by Gasteiger charge is -2.28. The number of nitrogens with zero attached hydrogens (tertiary/aromatic N) is 1. The normalized spacial score (nSPS) is 25.9. The van der Waals surface area contributed by atoms with Crippen LogP contribution in [0.4, 0.5) is 5.69 Å². The summed E-state index contributed by atoms with van der Waals surface area (Å²) in [6, 6.07) is 7.49. The van der Waals surface area contributed by atoms with Gasteiger partial charge >= 0.3 is 0 Å². The number of rotatable bonds is 3. The Kier molecular flexibility index (Phi) is 4.41. The number of ether oxygens (including phenoxy) is 1. The number of benzene rings is 1. The number of hydrogen-bond acceptors (Lipinski definition) is 4. The van der Waals surface area contributed by atoms with Gasteiger partial charge < -0.3 is 20.1 Å². The van der Waals surface area contributed by atoms with E-state index in [0.717, 1.165) is 13.1 Å². The highest BCUT2D eigenvalue weighted by Gasteiger charge is 2.25. The zero-order valence-electron chi connectivity index (χ0n) is 12.1. The Morgan fingerprint density at radius 3 is 2.62 bits per heavy atom. The van der Waals surface area contributed by atoms with Crippen LogP contribution in [0.1, 0.15) is 29.6 Å². The molecule has 0 saturated carbocycles. The highest BCUT2D eigenvalue weighted by Crippen LogP contribution is 2.20. The zero-order valence-corrected chi connectivity index (χ0v) is 12.1. The van der Waals surface area contributed by atoms with Gasteiger partial charge in [0.05, 0.1) is 18.8 Å². The van der Waals surface area contributed by atoms with E-state index in [9.17, 15) is 9.90 Å². The van der Waals surface area contributed by atoms with Crippen molar-refractivity contribution in [1.82, 2.24) is 5.32 Å². The molecule has 21 heavy (non-hydrogen) atoms. The second-order valence-corrected chi connectivity index (χ2v) is 5.75. The number of hydrogen-bond donors (Lipinski definition) is 2. The first-order valence-corrected chi connectivity index (χ1v) is 7.66. The number of anilines is 1. The minimum absolute atomic E-state index is 0.131. The van der Waals surface area contributed by atoms with Crippen molar-refractivity contribution in [2.24, 2.45) is 0 Å². The fourth-order valence-corrected chi connectivity index (χ4v) is 2.94. The van der Waals surface area contributed by atoms with Gasteiger partial charge in [0.2, 0.25) is 0 Å². The number of nitrogens with one attached hydrogen (secondary N) is 1. The first-order chi connectivity index (χ1) is 10.2. The van der Waals surface area contributed by atoms with E-state index >= 15 is 0 Å². The van der Waals surface area contributed by atoms with Gasteiger partial charge in [0.15, 0.2) is 0 Å². The van der Waals surface area contributed by atoms with Crippen LogP contribution in [0.2, 0.25) is 0 Å². The van der Waals surface area contributed by atoms with Gasteiger partial charge in [-0.05, 0) is 43.5 Å². The quantitative estimate of drug-likeness (QED) is 0.877. The number of aliphatic hydroxyl groups excluding tert-OH is 1. The molecule has 2 fully saturated rings. The summed E-state index contributed by atoms with van der Waals surface area (Å²) in [4.78, 5) is 14.6. The number of carbonyl (C=O) groups is 1. The lowest BCUT2D eigenvalue weighted by molar-refractivity contribution is -0.0260. The van der Waals surface area contributed by atoms with E-state index in [0.29, 0.717) is 25.2 Å². The van der Waals surface area contributed by atoms with E-state index in [1.165, 1.54) is 18.5 Å².